The van der Waals surface area contributed by atoms with Gasteiger partial charge in [-0.25, -0.2) is 0 Å². The summed E-state index contributed by atoms with van der Waals surface area (Å²) in [7, 11) is 0. The summed E-state index contributed by atoms with van der Waals surface area (Å²) in [6.45, 7) is 6.09. The van der Waals surface area contributed by atoms with Gasteiger partial charge in [-0.05, 0) is 44.0 Å². The van der Waals surface area contributed by atoms with Gasteiger partial charge in [0.1, 0.15) is 6.54 Å². The molecule has 6 nitrogen and oxygen atoms in total. The molecule has 0 radical (unpaired) electrons. The average Bonchev–Trinajstić information content (AvgIpc) is 2.86. The number of anilines is 1. The van der Waals surface area contributed by atoms with Crippen molar-refractivity contribution in [1.29, 1.82) is 0 Å². The molecule has 0 spiro atoms. The summed E-state index contributed by atoms with van der Waals surface area (Å²) < 4.78 is 4.76. The van der Waals surface area contributed by atoms with Crippen LogP contribution in [-0.2, 0) is 19.1 Å². The van der Waals surface area contributed by atoms with Crippen molar-refractivity contribution in [2.75, 3.05) is 24.6 Å². The first-order valence-electron chi connectivity index (χ1n) is 7.72. The number of hydrogen-bond donors (Lipinski definition) is 1. The van der Waals surface area contributed by atoms with E-state index in [1.165, 1.54) is 0 Å². The Morgan fingerprint density at radius 2 is 1.91 bits per heavy atom. The van der Waals surface area contributed by atoms with Crippen LogP contribution in [0.1, 0.15) is 24.5 Å². The molecule has 0 saturated carbocycles. The topological polar surface area (TPSA) is 75.7 Å². The molecule has 1 N–H and O–H groups in total. The average molecular weight is 318 g/mol. The van der Waals surface area contributed by atoms with E-state index in [0.29, 0.717) is 6.54 Å². The fourth-order valence-electron chi connectivity index (χ4n) is 2.75. The number of ether oxygens (including phenoxy) is 1. The lowest BCUT2D eigenvalue weighted by molar-refractivity contribution is -0.143. The molecule has 0 aliphatic carbocycles. The summed E-state index contributed by atoms with van der Waals surface area (Å²) in [4.78, 5) is 37.2. The number of benzene rings is 1. The Bertz CT molecular complexity index is 607. The lowest BCUT2D eigenvalue weighted by Gasteiger charge is -2.18. The molecule has 124 valence electrons. The van der Waals surface area contributed by atoms with Crippen LogP contribution in [0.25, 0.3) is 0 Å². The van der Waals surface area contributed by atoms with E-state index in [1.807, 2.05) is 32.0 Å². The summed E-state index contributed by atoms with van der Waals surface area (Å²) in [5.74, 6) is -1.29. The summed E-state index contributed by atoms with van der Waals surface area (Å²) in [6.07, 6.45) is 0.154. The maximum atomic E-state index is 12.2. The van der Waals surface area contributed by atoms with Crippen molar-refractivity contribution in [2.45, 2.75) is 27.2 Å². The van der Waals surface area contributed by atoms with Crippen LogP contribution in [0.5, 0.6) is 0 Å². The monoisotopic (exact) mass is 318 g/mol. The molecule has 6 heteroatoms. The Labute approximate surface area is 135 Å². The fraction of sp³-hybridized carbons (Fsp3) is 0.471. The number of nitrogens with one attached hydrogen (secondary N) is 1. The second kappa shape index (κ2) is 7.26. The van der Waals surface area contributed by atoms with Gasteiger partial charge in [0, 0.05) is 18.7 Å². The van der Waals surface area contributed by atoms with Crippen LogP contribution in [-0.4, -0.2) is 37.5 Å². The Kier molecular flexibility index (Phi) is 5.36. The largest absolute Gasteiger partial charge is 0.465 e. The number of hydrogen-bond acceptors (Lipinski definition) is 4. The van der Waals surface area contributed by atoms with E-state index in [4.69, 9.17) is 4.74 Å². The van der Waals surface area contributed by atoms with Gasteiger partial charge in [-0.3, -0.25) is 14.4 Å². The highest BCUT2D eigenvalue weighted by Crippen LogP contribution is 2.27. The minimum absolute atomic E-state index is 0.0775. The van der Waals surface area contributed by atoms with Crippen LogP contribution in [0.2, 0.25) is 0 Å². The van der Waals surface area contributed by atoms with E-state index in [-0.39, 0.29) is 31.4 Å². The highest BCUT2D eigenvalue weighted by Gasteiger charge is 2.35. The molecule has 1 fully saturated rings. The molecule has 1 atom stereocenters. The second-order valence-corrected chi connectivity index (χ2v) is 5.77. The van der Waals surface area contributed by atoms with Crippen LogP contribution in [0.15, 0.2) is 18.2 Å². The van der Waals surface area contributed by atoms with Gasteiger partial charge in [-0.15, -0.1) is 0 Å². The summed E-state index contributed by atoms with van der Waals surface area (Å²) in [6, 6.07) is 5.90. The maximum Gasteiger partial charge on any atom is 0.325 e. The number of nitrogens with zero attached hydrogens (tertiary/aromatic N) is 1. The van der Waals surface area contributed by atoms with E-state index in [1.54, 1.807) is 11.8 Å². The standard InChI is InChI=1S/C17H22N2O4/c1-4-23-16(21)9-18-17(22)13-8-15(20)19(10-13)14-6-11(2)5-12(3)7-14/h5-7,13H,4,8-10H2,1-3H3,(H,18,22). The first-order valence-corrected chi connectivity index (χ1v) is 7.72. The van der Waals surface area contributed by atoms with E-state index >= 15 is 0 Å². The van der Waals surface area contributed by atoms with E-state index in [2.05, 4.69) is 5.32 Å². The van der Waals surface area contributed by atoms with Crippen molar-refractivity contribution in [3.05, 3.63) is 29.3 Å². The van der Waals surface area contributed by atoms with Crippen molar-refractivity contribution in [3.63, 3.8) is 0 Å². The fourth-order valence-corrected chi connectivity index (χ4v) is 2.75. The molecule has 1 aliphatic rings. The second-order valence-electron chi connectivity index (χ2n) is 5.77. The Morgan fingerprint density at radius 1 is 1.26 bits per heavy atom. The maximum absolute atomic E-state index is 12.2. The van der Waals surface area contributed by atoms with Gasteiger partial charge >= 0.3 is 5.97 Å². The van der Waals surface area contributed by atoms with E-state index < -0.39 is 11.9 Å². The van der Waals surface area contributed by atoms with Gasteiger partial charge in [0.05, 0.1) is 12.5 Å². The molecule has 1 heterocycles. The number of carbonyl (C=O) groups excluding carboxylic acids is 3. The Hall–Kier alpha value is -2.37. The third-order valence-corrected chi connectivity index (χ3v) is 3.73. The number of esters is 1. The number of carbonyl (C=O) groups is 3. The first kappa shape index (κ1) is 17.0. The SMILES string of the molecule is CCOC(=O)CNC(=O)C1CC(=O)N(c2cc(C)cc(C)c2)C1. The zero-order valence-electron chi connectivity index (χ0n) is 13.7. The van der Waals surface area contributed by atoms with Gasteiger partial charge in [-0.1, -0.05) is 6.07 Å². The lowest BCUT2D eigenvalue weighted by atomic mass is 10.1. The van der Waals surface area contributed by atoms with Gasteiger partial charge in [-0.2, -0.15) is 0 Å². The van der Waals surface area contributed by atoms with Crippen molar-refractivity contribution in [3.8, 4) is 0 Å². The van der Waals surface area contributed by atoms with Crippen molar-refractivity contribution in [1.82, 2.24) is 5.32 Å². The normalized spacial score (nSPS) is 17.3. The van der Waals surface area contributed by atoms with Crippen molar-refractivity contribution < 1.29 is 19.1 Å². The van der Waals surface area contributed by atoms with Gasteiger partial charge in [0.25, 0.3) is 0 Å². The smallest absolute Gasteiger partial charge is 0.325 e. The summed E-state index contributed by atoms with van der Waals surface area (Å²) in [5.41, 5.74) is 2.96. The van der Waals surface area contributed by atoms with Gasteiger partial charge in [0.15, 0.2) is 0 Å². The zero-order valence-corrected chi connectivity index (χ0v) is 13.7. The van der Waals surface area contributed by atoms with Crippen LogP contribution < -0.4 is 10.2 Å². The number of aryl methyl sites for hydroxylation is 2. The molecule has 1 saturated heterocycles. The third kappa shape index (κ3) is 4.31. The highest BCUT2D eigenvalue weighted by atomic mass is 16.5. The molecule has 2 rings (SSSR count). The lowest BCUT2D eigenvalue weighted by Crippen LogP contribution is -2.36. The molecular weight excluding hydrogens is 296 g/mol. The Balaban J connectivity index is 1.99. The molecule has 1 aromatic rings. The van der Waals surface area contributed by atoms with E-state index in [0.717, 1.165) is 16.8 Å². The van der Waals surface area contributed by atoms with Crippen LogP contribution in [0, 0.1) is 19.8 Å². The van der Waals surface area contributed by atoms with Crippen LogP contribution in [0.4, 0.5) is 5.69 Å². The molecule has 1 aliphatic heterocycles. The summed E-state index contributed by atoms with van der Waals surface area (Å²) in [5, 5.41) is 2.53. The molecule has 0 bridgehead atoms. The Morgan fingerprint density at radius 3 is 2.52 bits per heavy atom. The molecular formula is C17H22N2O4. The first-order chi connectivity index (χ1) is 10.9. The molecule has 2 amide bonds. The molecule has 23 heavy (non-hydrogen) atoms. The quantitative estimate of drug-likeness (QED) is 0.831. The number of amides is 2. The zero-order chi connectivity index (χ0) is 17.0. The molecule has 1 aromatic carbocycles. The molecule has 0 aromatic heterocycles. The minimum Gasteiger partial charge on any atom is -0.465 e. The van der Waals surface area contributed by atoms with Gasteiger partial charge < -0.3 is 15.0 Å². The van der Waals surface area contributed by atoms with Crippen LogP contribution >= 0.6 is 0 Å². The predicted molar refractivity (Wildman–Crippen MR) is 86.0 cm³/mol. The van der Waals surface area contributed by atoms with Gasteiger partial charge in [0.2, 0.25) is 11.8 Å². The highest BCUT2D eigenvalue weighted by molar-refractivity contribution is 6.00. The minimum atomic E-state index is -0.476. The van der Waals surface area contributed by atoms with Crippen molar-refractivity contribution in [2.24, 2.45) is 5.92 Å². The van der Waals surface area contributed by atoms with Crippen molar-refractivity contribution >= 4 is 23.5 Å². The third-order valence-electron chi connectivity index (χ3n) is 3.73. The number of rotatable bonds is 5. The molecule has 1 unspecified atom stereocenters. The predicted octanol–water partition coefficient (Wildman–Crippen LogP) is 1.34. The van der Waals surface area contributed by atoms with Crippen LogP contribution in [0.3, 0.4) is 0 Å². The summed E-state index contributed by atoms with van der Waals surface area (Å²) >= 11 is 0. The van der Waals surface area contributed by atoms with E-state index in [9.17, 15) is 14.4 Å².